The van der Waals surface area contributed by atoms with Gasteiger partial charge in [0.1, 0.15) is 6.04 Å². The Balaban J connectivity index is 1.97. The molecule has 3 nitrogen and oxygen atoms in total. The number of hydrogen-bond donors (Lipinski definition) is 0. The van der Waals surface area contributed by atoms with Crippen LogP contribution >= 0.6 is 27.3 Å². The number of cyclic esters (lactones) is 1. The second-order valence-electron chi connectivity index (χ2n) is 3.65. The molecule has 2 rings (SSSR count). The minimum absolute atomic E-state index is 0.0660. The number of nitrogens with zero attached hydrogens (tertiary/aromatic N) is 1. The Bertz CT molecular complexity index is 366. The number of esters is 1. The summed E-state index contributed by atoms with van der Waals surface area (Å²) in [7, 11) is 1.96. The third kappa shape index (κ3) is 2.59. The Kier molecular flexibility index (Phi) is 3.43. The average Bonchev–Trinajstić information content (AvgIpc) is 2.75. The summed E-state index contributed by atoms with van der Waals surface area (Å²) in [6, 6.07) is 2.02. The summed E-state index contributed by atoms with van der Waals surface area (Å²) in [5.74, 6) is -0.0909. The van der Waals surface area contributed by atoms with Crippen molar-refractivity contribution in [1.29, 1.82) is 0 Å². The molecule has 0 amide bonds. The van der Waals surface area contributed by atoms with Gasteiger partial charge in [-0.3, -0.25) is 9.69 Å². The first-order valence-corrected chi connectivity index (χ1v) is 6.44. The van der Waals surface area contributed by atoms with Gasteiger partial charge in [0, 0.05) is 13.0 Å². The number of carbonyl (C=O) groups excluding carboxylic acids is 1. The predicted molar refractivity (Wildman–Crippen MR) is 62.9 cm³/mol. The molecule has 15 heavy (non-hydrogen) atoms. The fraction of sp³-hybridized carbons (Fsp3) is 0.500. The standard InChI is InChI=1S/C10H12BrNO2S/c1-12(8-2-3-14-10(8)13)5-7-4-9(11)15-6-7/h4,6,8H,2-3,5H2,1H3/t8-/m0/s1. The van der Waals surface area contributed by atoms with E-state index in [-0.39, 0.29) is 12.0 Å². The van der Waals surface area contributed by atoms with E-state index < -0.39 is 0 Å². The summed E-state index contributed by atoms with van der Waals surface area (Å²) in [5, 5.41) is 2.10. The number of ether oxygens (including phenoxy) is 1. The van der Waals surface area contributed by atoms with Gasteiger partial charge >= 0.3 is 5.97 Å². The molecule has 0 unspecified atom stereocenters. The molecular weight excluding hydrogens is 278 g/mol. The van der Waals surface area contributed by atoms with Gasteiger partial charge in [-0.05, 0) is 40.0 Å². The minimum Gasteiger partial charge on any atom is -0.464 e. The van der Waals surface area contributed by atoms with E-state index in [0.717, 1.165) is 16.8 Å². The number of rotatable bonds is 3. The van der Waals surface area contributed by atoms with Crippen LogP contribution in [-0.4, -0.2) is 30.6 Å². The molecule has 1 aromatic heterocycles. The van der Waals surface area contributed by atoms with Crippen molar-refractivity contribution in [3.8, 4) is 0 Å². The Labute approximate surface area is 101 Å². The van der Waals surface area contributed by atoms with Gasteiger partial charge in [-0.1, -0.05) is 0 Å². The molecule has 0 N–H and O–H groups in total. The molecule has 0 radical (unpaired) electrons. The minimum atomic E-state index is -0.0909. The SMILES string of the molecule is CN(Cc1csc(Br)c1)[C@H]1CCOC1=O. The van der Waals surface area contributed by atoms with E-state index in [0.29, 0.717) is 6.61 Å². The summed E-state index contributed by atoms with van der Waals surface area (Å²) in [4.78, 5) is 13.4. The summed E-state index contributed by atoms with van der Waals surface area (Å²) in [5.41, 5.74) is 1.23. The van der Waals surface area contributed by atoms with E-state index in [4.69, 9.17) is 4.74 Å². The highest BCUT2D eigenvalue weighted by atomic mass is 79.9. The molecule has 1 aliphatic heterocycles. The molecule has 0 aromatic carbocycles. The molecule has 5 heteroatoms. The van der Waals surface area contributed by atoms with Crippen LogP contribution < -0.4 is 0 Å². The van der Waals surface area contributed by atoms with Crippen molar-refractivity contribution in [2.75, 3.05) is 13.7 Å². The topological polar surface area (TPSA) is 29.5 Å². The van der Waals surface area contributed by atoms with Crippen LogP contribution in [0.15, 0.2) is 15.2 Å². The van der Waals surface area contributed by atoms with Crippen LogP contribution in [-0.2, 0) is 16.1 Å². The second kappa shape index (κ2) is 4.63. The zero-order valence-electron chi connectivity index (χ0n) is 8.40. The highest BCUT2D eigenvalue weighted by molar-refractivity contribution is 9.11. The van der Waals surface area contributed by atoms with Crippen LogP contribution in [0.3, 0.4) is 0 Å². The maximum absolute atomic E-state index is 11.3. The summed E-state index contributed by atoms with van der Waals surface area (Å²) in [6.07, 6.45) is 0.806. The van der Waals surface area contributed by atoms with Crippen molar-refractivity contribution >= 4 is 33.2 Å². The fourth-order valence-electron chi connectivity index (χ4n) is 1.71. The Morgan fingerprint density at radius 1 is 1.73 bits per heavy atom. The van der Waals surface area contributed by atoms with E-state index in [1.807, 2.05) is 11.9 Å². The van der Waals surface area contributed by atoms with Crippen molar-refractivity contribution in [2.24, 2.45) is 0 Å². The van der Waals surface area contributed by atoms with Gasteiger partial charge in [-0.25, -0.2) is 0 Å². The van der Waals surface area contributed by atoms with Crippen molar-refractivity contribution in [3.05, 3.63) is 20.8 Å². The van der Waals surface area contributed by atoms with Crippen LogP contribution in [0.2, 0.25) is 0 Å². The van der Waals surface area contributed by atoms with Gasteiger partial charge in [0.2, 0.25) is 0 Å². The van der Waals surface area contributed by atoms with Gasteiger partial charge in [0.05, 0.1) is 10.4 Å². The van der Waals surface area contributed by atoms with Gasteiger partial charge in [-0.2, -0.15) is 0 Å². The summed E-state index contributed by atoms with van der Waals surface area (Å²) in [6.45, 7) is 1.35. The molecule has 1 saturated heterocycles. The zero-order valence-corrected chi connectivity index (χ0v) is 10.8. The zero-order chi connectivity index (χ0) is 10.8. The molecule has 0 saturated carbocycles. The van der Waals surface area contributed by atoms with E-state index in [9.17, 15) is 4.79 Å². The van der Waals surface area contributed by atoms with Gasteiger partial charge < -0.3 is 4.74 Å². The predicted octanol–water partition coefficient (Wildman–Crippen LogP) is 2.26. The van der Waals surface area contributed by atoms with Crippen LogP contribution in [0.4, 0.5) is 0 Å². The summed E-state index contributed by atoms with van der Waals surface area (Å²) < 4.78 is 6.07. The number of likely N-dealkylation sites (N-methyl/N-ethyl adjacent to an activating group) is 1. The number of halogens is 1. The Hall–Kier alpha value is -0.390. The maximum atomic E-state index is 11.3. The highest BCUT2D eigenvalue weighted by Gasteiger charge is 2.30. The highest BCUT2D eigenvalue weighted by Crippen LogP contribution is 2.23. The van der Waals surface area contributed by atoms with Crippen molar-refractivity contribution in [1.82, 2.24) is 4.90 Å². The van der Waals surface area contributed by atoms with Gasteiger partial charge in [0.15, 0.2) is 0 Å². The number of thiophene rings is 1. The van der Waals surface area contributed by atoms with E-state index in [1.165, 1.54) is 5.56 Å². The molecule has 1 aliphatic rings. The fourth-order valence-corrected chi connectivity index (χ4v) is 2.91. The van der Waals surface area contributed by atoms with E-state index >= 15 is 0 Å². The lowest BCUT2D eigenvalue weighted by Gasteiger charge is -2.19. The van der Waals surface area contributed by atoms with Gasteiger partial charge in [0.25, 0.3) is 0 Å². The third-order valence-corrected chi connectivity index (χ3v) is 4.05. The van der Waals surface area contributed by atoms with Crippen LogP contribution in [0.5, 0.6) is 0 Å². The second-order valence-corrected chi connectivity index (χ2v) is 5.94. The van der Waals surface area contributed by atoms with Crippen molar-refractivity contribution in [2.45, 2.75) is 19.0 Å². The first kappa shape index (κ1) is 11.1. The molecule has 0 aliphatic carbocycles. The van der Waals surface area contributed by atoms with E-state index in [2.05, 4.69) is 27.4 Å². The lowest BCUT2D eigenvalue weighted by Crippen LogP contribution is -2.34. The lowest BCUT2D eigenvalue weighted by atomic mass is 10.2. The smallest absolute Gasteiger partial charge is 0.323 e. The monoisotopic (exact) mass is 289 g/mol. The average molecular weight is 290 g/mol. The Morgan fingerprint density at radius 2 is 2.53 bits per heavy atom. The van der Waals surface area contributed by atoms with Crippen LogP contribution in [0.25, 0.3) is 0 Å². The van der Waals surface area contributed by atoms with Crippen molar-refractivity contribution < 1.29 is 9.53 Å². The van der Waals surface area contributed by atoms with Crippen LogP contribution in [0, 0.1) is 0 Å². The number of carbonyl (C=O) groups is 1. The first-order valence-electron chi connectivity index (χ1n) is 4.76. The largest absolute Gasteiger partial charge is 0.464 e. The number of hydrogen-bond acceptors (Lipinski definition) is 4. The summed E-state index contributed by atoms with van der Waals surface area (Å²) >= 11 is 5.09. The quantitative estimate of drug-likeness (QED) is 0.800. The first-order chi connectivity index (χ1) is 7.16. The molecule has 1 aromatic rings. The molecular formula is C10H12BrNO2S. The molecule has 82 valence electrons. The molecule has 0 spiro atoms. The van der Waals surface area contributed by atoms with Crippen LogP contribution in [0.1, 0.15) is 12.0 Å². The van der Waals surface area contributed by atoms with E-state index in [1.54, 1.807) is 11.3 Å². The molecule has 1 atom stereocenters. The maximum Gasteiger partial charge on any atom is 0.323 e. The molecule has 1 fully saturated rings. The third-order valence-electron chi connectivity index (χ3n) is 2.49. The van der Waals surface area contributed by atoms with Crippen molar-refractivity contribution in [3.63, 3.8) is 0 Å². The molecule has 0 bridgehead atoms. The molecule has 2 heterocycles. The van der Waals surface area contributed by atoms with Gasteiger partial charge in [-0.15, -0.1) is 11.3 Å². The normalized spacial score (nSPS) is 21.0. The Morgan fingerprint density at radius 3 is 3.07 bits per heavy atom. The lowest BCUT2D eigenvalue weighted by molar-refractivity contribution is -0.142.